The van der Waals surface area contributed by atoms with E-state index < -0.39 is 0 Å². The van der Waals surface area contributed by atoms with Gasteiger partial charge in [-0.25, -0.2) is 0 Å². The minimum Gasteiger partial charge on any atom is -0.307 e. The number of benzene rings is 10. The van der Waals surface area contributed by atoms with Crippen LogP contribution in [-0.4, -0.2) is 13.5 Å². The van der Waals surface area contributed by atoms with Crippen LogP contribution < -0.4 is 5.56 Å². The van der Waals surface area contributed by atoms with Gasteiger partial charge in [0.15, 0.2) is 0 Å². The molecule has 0 bridgehead atoms. The molecule has 0 saturated heterocycles. The van der Waals surface area contributed by atoms with Gasteiger partial charge in [0.25, 0.3) is 5.56 Å². The fourth-order valence-corrected chi connectivity index (χ4v) is 10.9. The van der Waals surface area contributed by atoms with Crippen LogP contribution in [0.5, 0.6) is 0 Å². The van der Waals surface area contributed by atoms with Crippen molar-refractivity contribution in [1.29, 1.82) is 0 Å². The van der Waals surface area contributed by atoms with E-state index in [0.717, 1.165) is 66.0 Å². The van der Waals surface area contributed by atoms with Gasteiger partial charge in [-0.05, 0) is 87.6 Å². The summed E-state index contributed by atoms with van der Waals surface area (Å²) in [6, 6.07) is 76.3. The quantitative estimate of drug-likeness (QED) is 0.163. The number of fused-ring (bicyclic) bond motifs is 13. The number of aromatic nitrogens is 3. The Kier molecular flexibility index (Phi) is 6.95. The fourth-order valence-electron chi connectivity index (χ4n) is 10.9. The monoisotopic (exact) mass is 801 g/mol. The molecule has 63 heavy (non-hydrogen) atoms. The third-order valence-electron chi connectivity index (χ3n) is 13.6. The summed E-state index contributed by atoms with van der Waals surface area (Å²) >= 11 is 0. The van der Waals surface area contributed by atoms with Crippen LogP contribution in [0.25, 0.3) is 126 Å². The topological polar surface area (TPSA) is 31.3 Å². The third kappa shape index (κ3) is 4.67. The summed E-state index contributed by atoms with van der Waals surface area (Å²) < 4.78 is 6.87. The van der Waals surface area contributed by atoms with E-state index in [2.05, 4.69) is 203 Å². The van der Waals surface area contributed by atoms with Crippen LogP contribution in [0.3, 0.4) is 0 Å². The van der Waals surface area contributed by atoms with E-state index in [1.165, 1.54) is 59.9 Å². The molecule has 0 spiro atoms. The van der Waals surface area contributed by atoms with Gasteiger partial charge in [-0.2, -0.15) is 0 Å². The van der Waals surface area contributed by atoms with Gasteiger partial charge in [0.2, 0.25) is 0 Å². The average Bonchev–Trinajstić information content (AvgIpc) is 3.99. The number of hydrogen-bond donors (Lipinski definition) is 0. The molecule has 0 aliphatic heterocycles. The van der Waals surface area contributed by atoms with Crippen molar-refractivity contribution in [3.63, 3.8) is 0 Å². The molecular weight excluding hydrogens is 767 g/mol. The highest BCUT2D eigenvalue weighted by Gasteiger charge is 2.23. The predicted octanol–water partition coefficient (Wildman–Crippen LogP) is 14.9. The van der Waals surface area contributed by atoms with Crippen molar-refractivity contribution >= 4 is 92.3 Å². The van der Waals surface area contributed by atoms with Gasteiger partial charge in [-0.1, -0.05) is 158 Å². The second kappa shape index (κ2) is 12.8. The van der Waals surface area contributed by atoms with E-state index in [1.54, 1.807) is 0 Å². The molecule has 0 unspecified atom stereocenters. The number of pyridine rings is 1. The Balaban J connectivity index is 0.981. The number of para-hydroxylation sites is 4. The molecule has 4 heterocycles. The summed E-state index contributed by atoms with van der Waals surface area (Å²) in [4.78, 5) is 14.0. The van der Waals surface area contributed by atoms with Gasteiger partial charge >= 0.3 is 0 Å². The normalized spacial score (nSPS) is 12.2. The summed E-state index contributed by atoms with van der Waals surface area (Å²) in [6.45, 7) is 0. The maximum atomic E-state index is 14.0. The summed E-state index contributed by atoms with van der Waals surface area (Å²) in [5.41, 5.74) is 13.6. The second-order valence-electron chi connectivity index (χ2n) is 16.8. The first kappa shape index (κ1) is 34.3. The molecule has 4 aromatic heterocycles. The third-order valence-corrected chi connectivity index (χ3v) is 13.6. The second-order valence-corrected chi connectivity index (χ2v) is 16.8. The molecular formula is C59H35N3O. The molecule has 0 N–H and O–H groups in total. The van der Waals surface area contributed by atoms with Gasteiger partial charge < -0.3 is 9.13 Å². The van der Waals surface area contributed by atoms with Crippen LogP contribution in [0.2, 0.25) is 0 Å². The smallest absolute Gasteiger partial charge is 0.263 e. The minimum absolute atomic E-state index is 0.0262. The molecule has 4 heteroatoms. The van der Waals surface area contributed by atoms with Crippen LogP contribution in [0.4, 0.5) is 0 Å². The Morgan fingerprint density at radius 2 is 0.825 bits per heavy atom. The zero-order chi connectivity index (χ0) is 41.3. The Hall–Kier alpha value is -8.47. The van der Waals surface area contributed by atoms with Gasteiger partial charge in [-0.3, -0.25) is 9.20 Å². The lowest BCUT2D eigenvalue weighted by molar-refractivity contribution is 1.16. The molecule has 4 nitrogen and oxygen atoms in total. The van der Waals surface area contributed by atoms with Crippen LogP contribution in [0.15, 0.2) is 217 Å². The predicted molar refractivity (Wildman–Crippen MR) is 264 cm³/mol. The number of nitrogens with zero attached hydrogens (tertiary/aromatic N) is 3. The fraction of sp³-hybridized carbons (Fsp3) is 0. The van der Waals surface area contributed by atoms with Crippen molar-refractivity contribution in [3.05, 3.63) is 223 Å². The molecule has 0 aliphatic carbocycles. The van der Waals surface area contributed by atoms with Gasteiger partial charge in [0.05, 0.1) is 38.8 Å². The van der Waals surface area contributed by atoms with Crippen molar-refractivity contribution in [3.8, 4) is 33.6 Å². The van der Waals surface area contributed by atoms with E-state index in [4.69, 9.17) is 0 Å². The molecule has 0 fully saturated rings. The Morgan fingerprint density at radius 3 is 1.59 bits per heavy atom. The van der Waals surface area contributed by atoms with E-state index in [-0.39, 0.29) is 5.56 Å². The van der Waals surface area contributed by atoms with Crippen molar-refractivity contribution in [2.75, 3.05) is 0 Å². The first-order valence-electron chi connectivity index (χ1n) is 21.6. The molecule has 0 atom stereocenters. The number of hydrogen-bond acceptors (Lipinski definition) is 1. The van der Waals surface area contributed by atoms with Gasteiger partial charge in [0.1, 0.15) is 0 Å². The summed E-state index contributed by atoms with van der Waals surface area (Å²) in [7, 11) is 0. The number of rotatable bonds is 4. The standard InChI is InChI=1S/C59H35N3O/c63-59-50-23-7-5-19-42(50)46-24-13-25-47-51-35-37(28-32-55(51)62(59)56(46)47)36-14-12-15-38(34-36)40-31-33-54(43-20-6-4-18-41(40)43)61-53-27-11-9-22-45(53)49-30-29-48-44-21-8-10-26-52(44)60(57(48)58(49)61)39-16-2-1-3-17-39/h1-35H. The zero-order valence-corrected chi connectivity index (χ0v) is 34.0. The highest BCUT2D eigenvalue weighted by atomic mass is 16.1. The molecule has 14 aromatic rings. The van der Waals surface area contributed by atoms with Crippen LogP contribution in [-0.2, 0) is 0 Å². The molecule has 14 rings (SSSR count). The van der Waals surface area contributed by atoms with E-state index in [1.807, 2.05) is 22.6 Å². The molecule has 0 amide bonds. The van der Waals surface area contributed by atoms with E-state index >= 15 is 0 Å². The van der Waals surface area contributed by atoms with Crippen molar-refractivity contribution < 1.29 is 0 Å². The van der Waals surface area contributed by atoms with Gasteiger partial charge in [0, 0.05) is 54.2 Å². The van der Waals surface area contributed by atoms with Crippen molar-refractivity contribution in [2.24, 2.45) is 0 Å². The van der Waals surface area contributed by atoms with Crippen LogP contribution >= 0.6 is 0 Å². The minimum atomic E-state index is 0.0262. The summed E-state index contributed by atoms with van der Waals surface area (Å²) in [6.07, 6.45) is 0. The molecule has 0 radical (unpaired) electrons. The average molecular weight is 802 g/mol. The van der Waals surface area contributed by atoms with Gasteiger partial charge in [-0.15, -0.1) is 0 Å². The molecule has 292 valence electrons. The SMILES string of the molecule is O=c1c2ccccc2c2cccc3c4cc(-c5cccc(-c6ccc(-n7c8ccccc8c8ccc9c%10ccccc%10n(-c%10ccccc%10)c9c87)c7ccccc67)c5)ccc4n1c23. The lowest BCUT2D eigenvalue weighted by Gasteiger charge is -2.16. The molecule has 0 aliphatic rings. The lowest BCUT2D eigenvalue weighted by Crippen LogP contribution is -2.12. The summed E-state index contributed by atoms with van der Waals surface area (Å²) in [5.74, 6) is 0. The van der Waals surface area contributed by atoms with Crippen molar-refractivity contribution in [2.45, 2.75) is 0 Å². The van der Waals surface area contributed by atoms with Crippen LogP contribution in [0, 0.1) is 0 Å². The zero-order valence-electron chi connectivity index (χ0n) is 34.0. The summed E-state index contributed by atoms with van der Waals surface area (Å²) in [5, 5.41) is 12.3. The highest BCUT2D eigenvalue weighted by molar-refractivity contribution is 6.25. The van der Waals surface area contributed by atoms with Crippen molar-refractivity contribution in [1.82, 2.24) is 13.5 Å². The van der Waals surface area contributed by atoms with E-state index in [0.29, 0.717) is 0 Å². The molecule has 10 aromatic carbocycles. The van der Waals surface area contributed by atoms with E-state index in [9.17, 15) is 4.79 Å². The van der Waals surface area contributed by atoms with Crippen LogP contribution in [0.1, 0.15) is 0 Å². The maximum absolute atomic E-state index is 14.0. The first-order valence-corrected chi connectivity index (χ1v) is 21.6. The first-order chi connectivity index (χ1) is 31.2. The Morgan fingerprint density at radius 1 is 0.286 bits per heavy atom. The highest BCUT2D eigenvalue weighted by Crippen LogP contribution is 2.44. The lowest BCUT2D eigenvalue weighted by atomic mass is 9.94. The largest absolute Gasteiger partial charge is 0.307 e. The Bertz CT molecular complexity index is 4280. The Labute approximate surface area is 360 Å². The maximum Gasteiger partial charge on any atom is 0.263 e. The molecule has 0 saturated carbocycles.